The van der Waals surface area contributed by atoms with E-state index in [9.17, 15) is 24.5 Å². The second-order valence-electron chi connectivity index (χ2n) is 7.44. The number of methoxy groups -OCH3 is 1. The number of ether oxygens (including phenoxy) is 3. The first-order valence-corrected chi connectivity index (χ1v) is 12.0. The zero-order chi connectivity index (χ0) is 26.4. The Morgan fingerprint density at radius 1 is 1.25 bits per heavy atom. The van der Waals surface area contributed by atoms with Crippen molar-refractivity contribution in [2.45, 2.75) is 13.8 Å². The molecule has 0 atom stereocenters. The van der Waals surface area contributed by atoms with Gasteiger partial charge in [0, 0.05) is 24.7 Å². The molecule has 192 valence electrons. The average Bonchev–Trinajstić information content (AvgIpc) is 3.19. The molecule has 1 fully saturated rings. The molecule has 0 bridgehead atoms. The van der Waals surface area contributed by atoms with Crippen molar-refractivity contribution in [2.75, 3.05) is 50.2 Å². The fourth-order valence-corrected chi connectivity index (χ4v) is 4.91. The number of carbonyl (C=O) groups excluding carboxylic acids is 3. The van der Waals surface area contributed by atoms with Crippen LogP contribution in [0.5, 0.6) is 0 Å². The predicted octanol–water partition coefficient (Wildman–Crippen LogP) is 2.89. The zero-order valence-corrected chi connectivity index (χ0v) is 21.4. The van der Waals surface area contributed by atoms with E-state index in [0.717, 1.165) is 11.3 Å². The van der Waals surface area contributed by atoms with Crippen LogP contribution in [0.25, 0.3) is 0 Å². The SMILES string of the molecule is CCOC(=O)c1c(NC(=S)NC(=O)c2ccc(N3CCOCC3)c([N+](=O)[O-])c2)sc(C(=O)OC)c1C. The largest absolute Gasteiger partial charge is 0.465 e. The molecule has 2 N–H and O–H groups in total. The zero-order valence-electron chi connectivity index (χ0n) is 19.7. The highest BCUT2D eigenvalue weighted by Crippen LogP contribution is 2.34. The lowest BCUT2D eigenvalue weighted by atomic mass is 10.1. The number of thiocarbonyl (C=S) groups is 1. The molecule has 1 aromatic heterocycles. The summed E-state index contributed by atoms with van der Waals surface area (Å²) in [5, 5.41) is 16.9. The predicted molar refractivity (Wildman–Crippen MR) is 136 cm³/mol. The monoisotopic (exact) mass is 536 g/mol. The van der Waals surface area contributed by atoms with Gasteiger partial charge in [-0.15, -0.1) is 11.3 Å². The van der Waals surface area contributed by atoms with Gasteiger partial charge in [-0.3, -0.25) is 20.2 Å². The maximum absolute atomic E-state index is 12.8. The molecule has 3 rings (SSSR count). The van der Waals surface area contributed by atoms with E-state index in [1.54, 1.807) is 13.8 Å². The number of nitrogens with one attached hydrogen (secondary N) is 2. The molecule has 1 saturated heterocycles. The topological polar surface area (TPSA) is 149 Å². The van der Waals surface area contributed by atoms with Crippen molar-refractivity contribution in [3.63, 3.8) is 0 Å². The summed E-state index contributed by atoms with van der Waals surface area (Å²) in [4.78, 5) is 50.5. The molecular weight excluding hydrogens is 512 g/mol. The average molecular weight is 537 g/mol. The third-order valence-electron chi connectivity index (χ3n) is 5.24. The first kappa shape index (κ1) is 27.0. The molecule has 0 spiro atoms. The van der Waals surface area contributed by atoms with Crippen molar-refractivity contribution >= 4 is 62.9 Å². The summed E-state index contributed by atoms with van der Waals surface area (Å²) in [6.07, 6.45) is 0. The Morgan fingerprint density at radius 2 is 1.94 bits per heavy atom. The number of nitro groups is 1. The molecule has 1 amide bonds. The van der Waals surface area contributed by atoms with E-state index >= 15 is 0 Å². The quantitative estimate of drug-likeness (QED) is 0.233. The highest BCUT2D eigenvalue weighted by Gasteiger charge is 2.27. The number of morpholine rings is 1. The van der Waals surface area contributed by atoms with Crippen LogP contribution in [0.3, 0.4) is 0 Å². The standard InChI is InChI=1S/C22H24N4O8S2/c1-4-34-20(28)16-12(2)17(21(29)32-3)36-19(16)24-22(35)23-18(27)13-5-6-14(15(11-13)26(30)31)25-7-9-33-10-8-25/h5-6,11H,4,7-10H2,1-3H3,(H2,23,24,27,35). The molecule has 36 heavy (non-hydrogen) atoms. The van der Waals surface area contributed by atoms with Gasteiger partial charge >= 0.3 is 11.9 Å². The molecule has 12 nitrogen and oxygen atoms in total. The van der Waals surface area contributed by atoms with E-state index in [2.05, 4.69) is 10.6 Å². The van der Waals surface area contributed by atoms with Gasteiger partial charge in [0.15, 0.2) is 5.11 Å². The second-order valence-corrected chi connectivity index (χ2v) is 8.87. The molecule has 0 radical (unpaired) electrons. The summed E-state index contributed by atoms with van der Waals surface area (Å²) in [6.45, 7) is 5.22. The van der Waals surface area contributed by atoms with Crippen molar-refractivity contribution in [2.24, 2.45) is 0 Å². The Bertz CT molecular complexity index is 1210. The van der Waals surface area contributed by atoms with Gasteiger partial charge in [0.2, 0.25) is 0 Å². The minimum Gasteiger partial charge on any atom is -0.465 e. The highest BCUT2D eigenvalue weighted by atomic mass is 32.1. The van der Waals surface area contributed by atoms with E-state index in [-0.39, 0.29) is 38.4 Å². The second kappa shape index (κ2) is 11.9. The Kier molecular flexibility index (Phi) is 8.90. The maximum Gasteiger partial charge on any atom is 0.348 e. The van der Waals surface area contributed by atoms with Crippen molar-refractivity contribution in [1.29, 1.82) is 0 Å². The lowest BCUT2D eigenvalue weighted by Gasteiger charge is -2.28. The third-order valence-corrected chi connectivity index (χ3v) is 6.63. The van der Waals surface area contributed by atoms with Crippen LogP contribution in [0.15, 0.2) is 18.2 Å². The Morgan fingerprint density at radius 3 is 2.56 bits per heavy atom. The molecule has 0 unspecified atom stereocenters. The molecule has 2 aromatic rings. The minimum atomic E-state index is -0.691. The maximum atomic E-state index is 12.8. The number of nitrogens with zero attached hydrogens (tertiary/aromatic N) is 2. The van der Waals surface area contributed by atoms with Gasteiger partial charge in [-0.2, -0.15) is 0 Å². The van der Waals surface area contributed by atoms with E-state index in [1.165, 1.54) is 25.3 Å². The number of carbonyl (C=O) groups is 3. The fraction of sp³-hybridized carbons (Fsp3) is 0.364. The first-order chi connectivity index (χ1) is 17.2. The summed E-state index contributed by atoms with van der Waals surface area (Å²) in [5.41, 5.74) is 0.625. The molecule has 0 saturated carbocycles. The number of rotatable bonds is 7. The van der Waals surface area contributed by atoms with Crippen LogP contribution in [0.4, 0.5) is 16.4 Å². The number of thiophene rings is 1. The summed E-state index contributed by atoms with van der Waals surface area (Å²) < 4.78 is 15.1. The van der Waals surface area contributed by atoms with Crippen LogP contribution in [0.1, 0.15) is 42.9 Å². The number of nitro benzene ring substituents is 1. The molecule has 1 aliphatic rings. The van der Waals surface area contributed by atoms with E-state index < -0.39 is 22.8 Å². The number of benzene rings is 1. The number of amides is 1. The van der Waals surface area contributed by atoms with Crippen molar-refractivity contribution < 1.29 is 33.5 Å². The van der Waals surface area contributed by atoms with Crippen LogP contribution < -0.4 is 15.5 Å². The Labute approximate surface area is 215 Å². The number of hydrogen-bond donors (Lipinski definition) is 2. The molecule has 1 aromatic carbocycles. The third kappa shape index (κ3) is 5.95. The van der Waals surface area contributed by atoms with Crippen LogP contribution in [-0.4, -0.2) is 67.9 Å². The van der Waals surface area contributed by atoms with Gasteiger partial charge in [0.05, 0.1) is 37.4 Å². The van der Waals surface area contributed by atoms with Crippen LogP contribution in [0, 0.1) is 17.0 Å². The van der Waals surface area contributed by atoms with Gasteiger partial charge in [-0.1, -0.05) is 0 Å². The first-order valence-electron chi connectivity index (χ1n) is 10.8. The van der Waals surface area contributed by atoms with E-state index in [0.29, 0.717) is 37.6 Å². The summed E-state index contributed by atoms with van der Waals surface area (Å²) in [7, 11) is 1.22. The number of anilines is 2. The fourth-order valence-electron chi connectivity index (χ4n) is 3.53. The van der Waals surface area contributed by atoms with Gasteiger partial charge in [0.1, 0.15) is 15.6 Å². The minimum absolute atomic E-state index is 0.0195. The highest BCUT2D eigenvalue weighted by molar-refractivity contribution is 7.80. The van der Waals surface area contributed by atoms with E-state index in [4.69, 9.17) is 26.4 Å². The summed E-state index contributed by atoms with van der Waals surface area (Å²) in [5.74, 6) is -2.01. The van der Waals surface area contributed by atoms with Gasteiger partial charge in [-0.25, -0.2) is 9.59 Å². The molecule has 1 aliphatic heterocycles. The van der Waals surface area contributed by atoms with Gasteiger partial charge in [-0.05, 0) is 43.8 Å². The normalized spacial score (nSPS) is 13.0. The number of hydrogen-bond acceptors (Lipinski definition) is 11. The van der Waals surface area contributed by atoms with Crippen LogP contribution in [0.2, 0.25) is 0 Å². The van der Waals surface area contributed by atoms with Crippen molar-refractivity contribution in [3.8, 4) is 0 Å². The van der Waals surface area contributed by atoms with E-state index in [1.807, 2.05) is 4.90 Å². The van der Waals surface area contributed by atoms with Gasteiger partial charge in [0.25, 0.3) is 11.6 Å². The Balaban J connectivity index is 1.81. The van der Waals surface area contributed by atoms with Crippen LogP contribution >= 0.6 is 23.6 Å². The summed E-state index contributed by atoms with van der Waals surface area (Å²) in [6, 6.07) is 4.15. The van der Waals surface area contributed by atoms with Crippen molar-refractivity contribution in [3.05, 3.63) is 49.9 Å². The molecular formula is C22H24N4O8S2. The molecule has 2 heterocycles. The smallest absolute Gasteiger partial charge is 0.348 e. The number of esters is 2. The van der Waals surface area contributed by atoms with Crippen molar-refractivity contribution in [1.82, 2.24) is 5.32 Å². The lowest BCUT2D eigenvalue weighted by molar-refractivity contribution is -0.384. The molecule has 0 aliphatic carbocycles. The summed E-state index contributed by atoms with van der Waals surface area (Å²) >= 11 is 6.14. The Hall–Kier alpha value is -3.62. The molecule has 14 heteroatoms. The lowest BCUT2D eigenvalue weighted by Crippen LogP contribution is -2.37. The van der Waals surface area contributed by atoms with Gasteiger partial charge < -0.3 is 24.4 Å². The van der Waals surface area contributed by atoms with Crippen LogP contribution in [-0.2, 0) is 14.2 Å².